The first-order chi connectivity index (χ1) is 11.0. The molecule has 2 aromatic rings. The number of nitrogens with zero attached hydrogens (tertiary/aromatic N) is 2. The van der Waals surface area contributed by atoms with E-state index in [0.29, 0.717) is 24.0 Å². The molecular weight excluding hydrogens is 300 g/mol. The molecule has 116 valence electrons. The number of fused-ring (bicyclic) bond motifs is 1. The third-order valence-electron chi connectivity index (χ3n) is 4.03. The van der Waals surface area contributed by atoms with Crippen LogP contribution in [0.1, 0.15) is 21.5 Å². The average Bonchev–Trinajstić information content (AvgIpc) is 2.83. The van der Waals surface area contributed by atoms with Gasteiger partial charge in [-0.15, -0.1) is 0 Å². The van der Waals surface area contributed by atoms with E-state index in [-0.39, 0.29) is 23.1 Å². The summed E-state index contributed by atoms with van der Waals surface area (Å²) in [6, 6.07) is 10.4. The quantitative estimate of drug-likeness (QED) is 0.637. The molecule has 0 amide bonds. The molecule has 0 aromatic heterocycles. The summed E-state index contributed by atoms with van der Waals surface area (Å²) < 4.78 is 0. The van der Waals surface area contributed by atoms with E-state index in [1.54, 1.807) is 12.1 Å². The first-order valence-electron chi connectivity index (χ1n) is 7.00. The normalized spacial score (nSPS) is 16.2. The molecule has 0 fully saturated rings. The minimum Gasteiger partial charge on any atom is -0.294 e. The number of Topliss-reactive ketones (excluding diaryl/α,β-unsaturated/α-hetero) is 1. The van der Waals surface area contributed by atoms with Gasteiger partial charge in [0.1, 0.15) is 0 Å². The average molecular weight is 312 g/mol. The van der Waals surface area contributed by atoms with Crippen molar-refractivity contribution in [2.24, 2.45) is 5.92 Å². The van der Waals surface area contributed by atoms with Gasteiger partial charge < -0.3 is 0 Å². The van der Waals surface area contributed by atoms with Gasteiger partial charge in [-0.2, -0.15) is 0 Å². The number of carbonyl (C=O) groups is 1. The Morgan fingerprint density at radius 2 is 1.57 bits per heavy atom. The Hall–Kier alpha value is -3.09. The fraction of sp³-hybridized carbons (Fsp3) is 0.188. The van der Waals surface area contributed by atoms with Gasteiger partial charge in [0.25, 0.3) is 11.4 Å². The summed E-state index contributed by atoms with van der Waals surface area (Å²) in [4.78, 5) is 32.9. The number of nitro groups is 2. The van der Waals surface area contributed by atoms with Crippen LogP contribution >= 0.6 is 0 Å². The van der Waals surface area contributed by atoms with Gasteiger partial charge in [-0.25, -0.2) is 0 Å². The van der Waals surface area contributed by atoms with Crippen LogP contribution in [0, 0.1) is 26.1 Å². The molecule has 0 aliphatic heterocycles. The van der Waals surface area contributed by atoms with Crippen molar-refractivity contribution in [3.05, 3.63) is 79.4 Å². The minimum absolute atomic E-state index is 0.00501. The fourth-order valence-electron chi connectivity index (χ4n) is 2.88. The molecule has 0 bridgehead atoms. The third kappa shape index (κ3) is 2.80. The lowest BCUT2D eigenvalue weighted by atomic mass is 9.96. The summed E-state index contributed by atoms with van der Waals surface area (Å²) in [6.45, 7) is 0. The Labute approximate surface area is 130 Å². The van der Waals surface area contributed by atoms with Crippen LogP contribution in [0.5, 0.6) is 0 Å². The predicted octanol–water partition coefficient (Wildman–Crippen LogP) is 3.10. The van der Waals surface area contributed by atoms with Crippen molar-refractivity contribution in [3.63, 3.8) is 0 Å². The van der Waals surface area contributed by atoms with Crippen molar-refractivity contribution in [2.45, 2.75) is 12.8 Å². The molecule has 0 N–H and O–H groups in total. The van der Waals surface area contributed by atoms with Gasteiger partial charge >= 0.3 is 0 Å². The number of carbonyl (C=O) groups excluding carboxylic acids is 1. The van der Waals surface area contributed by atoms with E-state index >= 15 is 0 Å². The van der Waals surface area contributed by atoms with Crippen molar-refractivity contribution in [2.75, 3.05) is 0 Å². The zero-order valence-corrected chi connectivity index (χ0v) is 12.0. The second-order valence-corrected chi connectivity index (χ2v) is 5.49. The maximum Gasteiger partial charge on any atom is 0.269 e. The molecule has 0 radical (unpaired) electrons. The highest BCUT2D eigenvalue weighted by Crippen LogP contribution is 2.32. The van der Waals surface area contributed by atoms with E-state index in [2.05, 4.69) is 0 Å². The van der Waals surface area contributed by atoms with Crippen LogP contribution in [0.15, 0.2) is 42.5 Å². The number of rotatable bonds is 4. The van der Waals surface area contributed by atoms with Crippen molar-refractivity contribution in [1.29, 1.82) is 0 Å². The van der Waals surface area contributed by atoms with Crippen LogP contribution in [0.4, 0.5) is 11.4 Å². The monoisotopic (exact) mass is 312 g/mol. The second kappa shape index (κ2) is 5.60. The van der Waals surface area contributed by atoms with Gasteiger partial charge in [0.05, 0.1) is 9.85 Å². The topological polar surface area (TPSA) is 103 Å². The van der Waals surface area contributed by atoms with Gasteiger partial charge in [0, 0.05) is 35.7 Å². The van der Waals surface area contributed by atoms with E-state index in [4.69, 9.17) is 0 Å². The molecule has 0 heterocycles. The molecule has 0 spiro atoms. The highest BCUT2D eigenvalue weighted by Gasteiger charge is 2.31. The van der Waals surface area contributed by atoms with Crippen LogP contribution in [0.25, 0.3) is 0 Å². The molecule has 23 heavy (non-hydrogen) atoms. The van der Waals surface area contributed by atoms with Crippen LogP contribution in [0.3, 0.4) is 0 Å². The Morgan fingerprint density at radius 1 is 0.957 bits per heavy atom. The summed E-state index contributed by atoms with van der Waals surface area (Å²) in [6.07, 6.45) is 0.909. The van der Waals surface area contributed by atoms with Gasteiger partial charge in [-0.3, -0.25) is 25.0 Å². The van der Waals surface area contributed by atoms with Crippen molar-refractivity contribution in [3.8, 4) is 0 Å². The number of ketones is 1. The Balaban J connectivity index is 1.79. The molecule has 7 nitrogen and oxygen atoms in total. The number of hydrogen-bond acceptors (Lipinski definition) is 5. The highest BCUT2D eigenvalue weighted by atomic mass is 16.6. The molecule has 1 unspecified atom stereocenters. The van der Waals surface area contributed by atoms with E-state index in [1.165, 1.54) is 30.3 Å². The lowest BCUT2D eigenvalue weighted by Gasteiger charge is -2.07. The van der Waals surface area contributed by atoms with Crippen molar-refractivity contribution >= 4 is 17.2 Å². The molecular formula is C16H12N2O5. The Morgan fingerprint density at radius 3 is 2.17 bits per heavy atom. The van der Waals surface area contributed by atoms with Crippen LogP contribution in [-0.2, 0) is 12.8 Å². The van der Waals surface area contributed by atoms with E-state index in [1.807, 2.05) is 0 Å². The SMILES string of the molecule is O=C1c2ccc([N+](=O)[O-])cc2CC1Cc1ccc([N+](=O)[O-])cc1. The van der Waals surface area contributed by atoms with Crippen LogP contribution in [0.2, 0.25) is 0 Å². The molecule has 1 atom stereocenters. The molecule has 1 aliphatic carbocycles. The molecule has 7 heteroatoms. The largest absolute Gasteiger partial charge is 0.294 e. The maximum absolute atomic E-state index is 12.4. The van der Waals surface area contributed by atoms with Crippen LogP contribution in [-0.4, -0.2) is 15.6 Å². The van der Waals surface area contributed by atoms with E-state index in [0.717, 1.165) is 5.56 Å². The molecule has 2 aromatic carbocycles. The molecule has 1 aliphatic rings. The Kier molecular flexibility index (Phi) is 3.61. The maximum atomic E-state index is 12.4. The highest BCUT2D eigenvalue weighted by molar-refractivity contribution is 6.02. The summed E-state index contributed by atoms with van der Waals surface area (Å²) in [5, 5.41) is 21.4. The zero-order valence-electron chi connectivity index (χ0n) is 12.0. The number of hydrogen-bond donors (Lipinski definition) is 0. The van der Waals surface area contributed by atoms with Gasteiger partial charge in [0.2, 0.25) is 0 Å². The molecule has 3 rings (SSSR count). The van der Waals surface area contributed by atoms with Gasteiger partial charge in [0.15, 0.2) is 5.78 Å². The molecule has 0 saturated carbocycles. The lowest BCUT2D eigenvalue weighted by molar-refractivity contribution is -0.385. The van der Waals surface area contributed by atoms with Crippen molar-refractivity contribution < 1.29 is 14.6 Å². The summed E-state index contributed by atoms with van der Waals surface area (Å²) in [5.74, 6) is -0.318. The first-order valence-corrected chi connectivity index (χ1v) is 7.00. The Bertz CT molecular complexity index is 814. The van der Waals surface area contributed by atoms with Crippen molar-refractivity contribution in [1.82, 2.24) is 0 Å². The number of non-ortho nitro benzene ring substituents is 2. The van der Waals surface area contributed by atoms with Gasteiger partial charge in [-0.05, 0) is 30.0 Å². The van der Waals surface area contributed by atoms with Crippen LogP contribution < -0.4 is 0 Å². The number of benzene rings is 2. The standard InChI is InChI=1S/C16H12N2O5/c19-16-12(7-10-1-3-13(4-2-10)17(20)21)8-11-9-14(18(22)23)5-6-15(11)16/h1-6,9,12H,7-8H2. The third-order valence-corrected chi connectivity index (χ3v) is 4.03. The summed E-state index contributed by atoms with van der Waals surface area (Å²) in [5.41, 5.74) is 2.04. The summed E-state index contributed by atoms with van der Waals surface area (Å²) in [7, 11) is 0. The smallest absolute Gasteiger partial charge is 0.269 e. The zero-order chi connectivity index (χ0) is 16.6. The fourth-order valence-corrected chi connectivity index (χ4v) is 2.88. The number of nitro benzene ring substituents is 2. The first kappa shape index (κ1) is 14.8. The second-order valence-electron chi connectivity index (χ2n) is 5.49. The predicted molar refractivity (Wildman–Crippen MR) is 81.4 cm³/mol. The molecule has 0 saturated heterocycles. The van der Waals surface area contributed by atoms with E-state index < -0.39 is 9.85 Å². The van der Waals surface area contributed by atoms with E-state index in [9.17, 15) is 25.0 Å². The van der Waals surface area contributed by atoms with Gasteiger partial charge in [-0.1, -0.05) is 12.1 Å². The minimum atomic E-state index is -0.478. The summed E-state index contributed by atoms with van der Waals surface area (Å²) >= 11 is 0. The lowest BCUT2D eigenvalue weighted by Crippen LogP contribution is -2.12.